The van der Waals surface area contributed by atoms with Crippen molar-refractivity contribution in [1.29, 1.82) is 0 Å². The van der Waals surface area contributed by atoms with Gasteiger partial charge in [0.15, 0.2) is 0 Å². The number of hydrogen-bond acceptors (Lipinski definition) is 7. The lowest BCUT2D eigenvalue weighted by molar-refractivity contribution is -0.0297. The van der Waals surface area contributed by atoms with Crippen molar-refractivity contribution in [1.82, 2.24) is 19.4 Å². The Hall–Kier alpha value is -4.11. The Kier molecular flexibility index (Phi) is 6.71. The van der Waals surface area contributed by atoms with Crippen LogP contribution < -0.4 is 10.5 Å². The number of hydrogen-bond donors (Lipinski definition) is 2. The van der Waals surface area contributed by atoms with E-state index in [9.17, 15) is 9.90 Å². The highest BCUT2D eigenvalue weighted by Gasteiger charge is 2.47. The summed E-state index contributed by atoms with van der Waals surface area (Å²) < 4.78 is 13.5. The third-order valence-corrected chi connectivity index (χ3v) is 6.80. The average Bonchev–Trinajstić information content (AvgIpc) is 3.51. The molecule has 2 aromatic carbocycles. The molecular formula is C29H33N5O4. The van der Waals surface area contributed by atoms with Gasteiger partial charge in [0.25, 0.3) is 0 Å². The number of fused-ring (bicyclic) bond motifs is 1. The minimum atomic E-state index is -1.06. The quantitative estimate of drug-likeness (QED) is 0.374. The van der Waals surface area contributed by atoms with Crippen molar-refractivity contribution in [3.8, 4) is 16.9 Å². The zero-order valence-corrected chi connectivity index (χ0v) is 21.9. The standard InChI is InChI=1S/C29H33N5O4/c1-28(2,3)38-27(36)33-15-7-14-29(33,18-35)34-16-23(24-25(30)31-19-32-26(24)34)21-10-12-22(13-11-21)37-17-20-8-5-4-6-9-20/h4-6,8-13,16,19,35H,7,14-15,17-18H2,1-3H3,(H2,30,31,32). The fourth-order valence-electron chi connectivity index (χ4n) is 5.03. The van der Waals surface area contributed by atoms with E-state index in [1.54, 1.807) is 4.90 Å². The summed E-state index contributed by atoms with van der Waals surface area (Å²) in [4.78, 5) is 23.6. The summed E-state index contributed by atoms with van der Waals surface area (Å²) in [5.41, 5.74) is 7.95. The highest BCUT2D eigenvalue weighted by molar-refractivity contribution is 6.00. The lowest BCUT2D eigenvalue weighted by atomic mass is 10.1. The number of carbonyl (C=O) groups excluding carboxylic acids is 1. The highest BCUT2D eigenvalue weighted by atomic mass is 16.6. The van der Waals surface area contributed by atoms with Crippen LogP contribution in [0.15, 0.2) is 67.1 Å². The van der Waals surface area contributed by atoms with Crippen molar-refractivity contribution < 1.29 is 19.4 Å². The smallest absolute Gasteiger partial charge is 0.412 e. The fraction of sp³-hybridized carbons (Fsp3) is 0.345. The first-order valence-corrected chi connectivity index (χ1v) is 12.7. The normalized spacial score (nSPS) is 17.6. The molecule has 1 amide bonds. The number of nitrogen functional groups attached to an aromatic ring is 1. The molecule has 0 spiro atoms. The number of aliphatic hydroxyl groups is 1. The molecule has 38 heavy (non-hydrogen) atoms. The third-order valence-electron chi connectivity index (χ3n) is 6.80. The van der Waals surface area contributed by atoms with Crippen molar-refractivity contribution in [3.63, 3.8) is 0 Å². The molecule has 198 valence electrons. The SMILES string of the molecule is CC(C)(C)OC(=O)N1CCCC1(CO)n1cc(-c2ccc(OCc3ccccc3)cc2)c2c(N)ncnc21. The van der Waals surface area contributed by atoms with Gasteiger partial charge in [-0.15, -0.1) is 0 Å². The first-order valence-electron chi connectivity index (χ1n) is 12.7. The van der Waals surface area contributed by atoms with Crippen molar-refractivity contribution >= 4 is 22.9 Å². The summed E-state index contributed by atoms with van der Waals surface area (Å²) in [5, 5.41) is 11.4. The molecular weight excluding hydrogens is 482 g/mol. The zero-order chi connectivity index (χ0) is 26.9. The fourth-order valence-corrected chi connectivity index (χ4v) is 5.03. The molecule has 9 heteroatoms. The lowest BCUT2D eigenvalue weighted by Crippen LogP contribution is -2.53. The molecule has 1 unspecified atom stereocenters. The minimum absolute atomic E-state index is 0.300. The van der Waals surface area contributed by atoms with Crippen LogP contribution in [0.5, 0.6) is 5.75 Å². The molecule has 1 aliphatic heterocycles. The Morgan fingerprint density at radius 1 is 1.11 bits per heavy atom. The second-order valence-corrected chi connectivity index (χ2v) is 10.5. The number of nitrogens with two attached hydrogens (primary N) is 1. The minimum Gasteiger partial charge on any atom is -0.489 e. The van der Waals surface area contributed by atoms with E-state index in [0.717, 1.165) is 22.4 Å². The molecule has 1 aliphatic rings. The molecule has 3 N–H and O–H groups in total. The first-order chi connectivity index (χ1) is 18.2. The Labute approximate surface area is 221 Å². The van der Waals surface area contributed by atoms with E-state index < -0.39 is 17.4 Å². The van der Waals surface area contributed by atoms with Crippen LogP contribution in [0, 0.1) is 0 Å². The summed E-state index contributed by atoms with van der Waals surface area (Å²) in [6.45, 7) is 6.10. The van der Waals surface area contributed by atoms with Gasteiger partial charge < -0.3 is 24.9 Å². The van der Waals surface area contributed by atoms with E-state index in [-0.39, 0.29) is 6.61 Å². The molecule has 0 aliphatic carbocycles. The van der Waals surface area contributed by atoms with Crippen LogP contribution >= 0.6 is 0 Å². The van der Waals surface area contributed by atoms with Crippen LogP contribution in [0.25, 0.3) is 22.2 Å². The number of aromatic nitrogens is 3. The molecule has 5 rings (SSSR count). The van der Waals surface area contributed by atoms with Crippen LogP contribution in [0.1, 0.15) is 39.2 Å². The van der Waals surface area contributed by atoms with E-state index in [1.165, 1.54) is 6.33 Å². The topological polar surface area (TPSA) is 116 Å². The number of aliphatic hydroxyl groups excluding tert-OH is 1. The Morgan fingerprint density at radius 3 is 2.53 bits per heavy atom. The number of likely N-dealkylation sites (tertiary alicyclic amines) is 1. The zero-order valence-electron chi connectivity index (χ0n) is 21.9. The first kappa shape index (κ1) is 25.5. The van der Waals surface area contributed by atoms with Crippen molar-refractivity contribution in [3.05, 3.63) is 72.7 Å². The predicted molar refractivity (Wildman–Crippen MR) is 145 cm³/mol. The van der Waals surface area contributed by atoms with Gasteiger partial charge in [-0.05, 0) is 56.9 Å². The van der Waals surface area contributed by atoms with Crippen LogP contribution in [0.3, 0.4) is 0 Å². The highest BCUT2D eigenvalue weighted by Crippen LogP contribution is 2.42. The summed E-state index contributed by atoms with van der Waals surface area (Å²) in [5.74, 6) is 1.06. The molecule has 1 saturated heterocycles. The van der Waals surface area contributed by atoms with Gasteiger partial charge in [0.1, 0.15) is 41.4 Å². The van der Waals surface area contributed by atoms with E-state index in [2.05, 4.69) is 9.97 Å². The lowest BCUT2D eigenvalue weighted by Gasteiger charge is -2.39. The van der Waals surface area contributed by atoms with Crippen LogP contribution in [-0.2, 0) is 17.0 Å². The number of amides is 1. The average molecular weight is 516 g/mol. The van der Waals surface area contributed by atoms with Gasteiger partial charge in [-0.2, -0.15) is 0 Å². The second kappa shape index (κ2) is 9.98. The molecule has 0 bridgehead atoms. The van der Waals surface area contributed by atoms with E-state index in [1.807, 2.05) is 86.1 Å². The summed E-state index contributed by atoms with van der Waals surface area (Å²) >= 11 is 0. The number of rotatable bonds is 6. The maximum absolute atomic E-state index is 13.2. The second-order valence-electron chi connectivity index (χ2n) is 10.5. The van der Waals surface area contributed by atoms with Crippen molar-refractivity contribution in [2.75, 3.05) is 18.9 Å². The number of anilines is 1. The largest absolute Gasteiger partial charge is 0.489 e. The van der Waals surface area contributed by atoms with Crippen LogP contribution in [-0.4, -0.2) is 49.4 Å². The molecule has 9 nitrogen and oxygen atoms in total. The summed E-state index contributed by atoms with van der Waals surface area (Å²) in [6.07, 6.45) is 4.07. The molecule has 0 radical (unpaired) electrons. The predicted octanol–water partition coefficient (Wildman–Crippen LogP) is 4.94. The number of benzene rings is 2. The number of carbonyl (C=O) groups is 1. The molecule has 1 fully saturated rings. The Bertz CT molecular complexity index is 1430. The van der Waals surface area contributed by atoms with Gasteiger partial charge in [0.05, 0.1) is 12.0 Å². The molecule has 4 aromatic rings. The van der Waals surface area contributed by atoms with Gasteiger partial charge in [0.2, 0.25) is 0 Å². The summed E-state index contributed by atoms with van der Waals surface area (Å²) in [7, 11) is 0. The van der Waals surface area contributed by atoms with Crippen LogP contribution in [0.4, 0.5) is 10.6 Å². The van der Waals surface area contributed by atoms with Gasteiger partial charge in [0, 0.05) is 18.3 Å². The number of ether oxygens (including phenoxy) is 2. The summed E-state index contributed by atoms with van der Waals surface area (Å²) in [6, 6.07) is 17.7. The molecule has 2 aromatic heterocycles. The maximum atomic E-state index is 13.2. The third kappa shape index (κ3) is 4.77. The van der Waals surface area contributed by atoms with Gasteiger partial charge in [-0.25, -0.2) is 14.8 Å². The van der Waals surface area contributed by atoms with Crippen LogP contribution in [0.2, 0.25) is 0 Å². The maximum Gasteiger partial charge on any atom is 0.412 e. The Morgan fingerprint density at radius 2 is 1.84 bits per heavy atom. The van der Waals surface area contributed by atoms with Crippen molar-refractivity contribution in [2.45, 2.75) is 51.5 Å². The van der Waals surface area contributed by atoms with E-state index >= 15 is 0 Å². The van der Waals surface area contributed by atoms with Crippen molar-refractivity contribution in [2.24, 2.45) is 0 Å². The van der Waals surface area contributed by atoms with E-state index in [0.29, 0.717) is 42.8 Å². The molecule has 1 atom stereocenters. The van der Waals surface area contributed by atoms with Gasteiger partial charge >= 0.3 is 6.09 Å². The Balaban J connectivity index is 1.52. The monoisotopic (exact) mass is 515 g/mol. The molecule has 0 saturated carbocycles. The van der Waals surface area contributed by atoms with Gasteiger partial charge in [-0.3, -0.25) is 4.90 Å². The van der Waals surface area contributed by atoms with Gasteiger partial charge in [-0.1, -0.05) is 42.5 Å². The number of nitrogens with zero attached hydrogens (tertiary/aromatic N) is 4. The van der Waals surface area contributed by atoms with E-state index in [4.69, 9.17) is 15.2 Å². The molecule has 3 heterocycles.